The highest BCUT2D eigenvalue weighted by Gasteiger charge is 2.25. The van der Waals surface area contributed by atoms with Crippen molar-refractivity contribution in [1.82, 2.24) is 9.55 Å². The van der Waals surface area contributed by atoms with E-state index in [1.165, 1.54) is 10.6 Å². The number of nitrogens with one attached hydrogen (secondary N) is 1. The van der Waals surface area contributed by atoms with Crippen molar-refractivity contribution in [1.29, 1.82) is 0 Å². The second kappa shape index (κ2) is 9.56. The lowest BCUT2D eigenvalue weighted by atomic mass is 9.83. The molecule has 5 rings (SSSR count). The quantitative estimate of drug-likeness (QED) is 0.319. The van der Waals surface area contributed by atoms with Gasteiger partial charge >= 0.3 is 11.7 Å². The Morgan fingerprint density at radius 2 is 1.51 bits per heavy atom. The third-order valence-corrected chi connectivity index (χ3v) is 6.45. The predicted molar refractivity (Wildman–Crippen MR) is 138 cm³/mol. The van der Waals surface area contributed by atoms with E-state index in [0.717, 1.165) is 27.8 Å². The van der Waals surface area contributed by atoms with Crippen molar-refractivity contribution in [3.63, 3.8) is 0 Å². The van der Waals surface area contributed by atoms with Crippen LogP contribution in [0.5, 0.6) is 5.75 Å². The van der Waals surface area contributed by atoms with Gasteiger partial charge in [0, 0.05) is 17.7 Å². The van der Waals surface area contributed by atoms with Crippen molar-refractivity contribution in [3.8, 4) is 5.75 Å². The van der Waals surface area contributed by atoms with Crippen LogP contribution in [0.15, 0.2) is 83.8 Å². The topological polar surface area (TPSA) is 84.3 Å². The van der Waals surface area contributed by atoms with Crippen LogP contribution in [0.2, 0.25) is 0 Å². The zero-order chi connectivity index (χ0) is 24.4. The van der Waals surface area contributed by atoms with Gasteiger partial charge in [-0.3, -0.25) is 9.55 Å². The van der Waals surface area contributed by atoms with Crippen molar-refractivity contribution in [2.24, 2.45) is 0 Å². The van der Waals surface area contributed by atoms with Crippen LogP contribution in [0.1, 0.15) is 44.1 Å². The maximum absolute atomic E-state index is 12.7. The molecule has 174 valence electrons. The Hall–Kier alpha value is -4.23. The van der Waals surface area contributed by atoms with Crippen molar-refractivity contribution in [2.75, 3.05) is 6.61 Å². The van der Waals surface area contributed by atoms with E-state index in [2.05, 4.69) is 41.4 Å². The van der Waals surface area contributed by atoms with Crippen LogP contribution in [-0.4, -0.2) is 27.2 Å². The van der Waals surface area contributed by atoms with E-state index in [4.69, 9.17) is 17.0 Å². The summed E-state index contributed by atoms with van der Waals surface area (Å²) in [6, 6.07) is 22.8. The Balaban J connectivity index is 1.52. The molecule has 0 saturated heterocycles. The number of hydrogen-bond donors (Lipinski definition) is 2. The molecular formula is C28H22N2O4S. The molecule has 0 bridgehead atoms. The molecule has 0 spiro atoms. The van der Waals surface area contributed by atoms with Gasteiger partial charge in [-0.1, -0.05) is 85.0 Å². The number of carbonyl (C=O) groups is 1. The lowest BCUT2D eigenvalue weighted by Crippen LogP contribution is -2.27. The highest BCUT2D eigenvalue weighted by atomic mass is 32.1. The number of ether oxygens (including phenoxy) is 1. The molecule has 0 atom stereocenters. The third kappa shape index (κ3) is 4.46. The average molecular weight is 483 g/mol. The van der Waals surface area contributed by atoms with Gasteiger partial charge in [-0.05, 0) is 34.4 Å². The van der Waals surface area contributed by atoms with Crippen LogP contribution in [0.3, 0.4) is 0 Å². The molecule has 0 radical (unpaired) electrons. The molecule has 1 aliphatic carbocycles. The molecule has 1 aromatic heterocycles. The highest BCUT2D eigenvalue weighted by molar-refractivity contribution is 7.71. The fourth-order valence-corrected chi connectivity index (χ4v) is 4.71. The Labute approximate surface area is 206 Å². The Morgan fingerprint density at radius 3 is 2.17 bits per heavy atom. The van der Waals surface area contributed by atoms with E-state index in [9.17, 15) is 14.7 Å². The monoisotopic (exact) mass is 482 g/mol. The number of aromatic nitrogens is 2. The fourth-order valence-electron chi connectivity index (χ4n) is 4.45. The summed E-state index contributed by atoms with van der Waals surface area (Å²) < 4.78 is 7.63. The second-order valence-electron chi connectivity index (χ2n) is 8.21. The minimum atomic E-state index is -1.07. The average Bonchev–Trinajstić information content (AvgIpc) is 3.03. The largest absolute Gasteiger partial charge is 0.491 e. The Morgan fingerprint density at radius 1 is 0.914 bits per heavy atom. The van der Waals surface area contributed by atoms with Gasteiger partial charge in [0.05, 0.1) is 6.54 Å². The number of aromatic amines is 1. The predicted octanol–water partition coefficient (Wildman–Crippen LogP) is 5.35. The molecule has 6 nitrogen and oxygen atoms in total. The Bertz CT molecular complexity index is 1520. The lowest BCUT2D eigenvalue weighted by Gasteiger charge is -2.22. The molecule has 4 aromatic rings. The normalized spacial score (nSPS) is 12.5. The molecule has 0 amide bonds. The number of rotatable bonds is 6. The molecule has 7 heteroatoms. The lowest BCUT2D eigenvalue weighted by molar-refractivity contribution is 0.0692. The van der Waals surface area contributed by atoms with E-state index in [1.54, 1.807) is 24.4 Å². The molecule has 0 unspecified atom stereocenters. The summed E-state index contributed by atoms with van der Waals surface area (Å²) in [5, 5.41) is 9.36. The molecule has 0 fully saturated rings. The molecule has 0 saturated carbocycles. The first-order valence-corrected chi connectivity index (χ1v) is 11.6. The van der Waals surface area contributed by atoms with Gasteiger partial charge in [0.15, 0.2) is 0 Å². The first-order chi connectivity index (χ1) is 17.0. The van der Waals surface area contributed by atoms with Gasteiger partial charge in [-0.25, -0.2) is 9.59 Å². The third-order valence-electron chi connectivity index (χ3n) is 6.11. The number of carboxylic acid groups (broad SMARTS) is 1. The van der Waals surface area contributed by atoms with Crippen molar-refractivity contribution in [2.45, 2.75) is 12.5 Å². The van der Waals surface area contributed by atoms with Crippen LogP contribution in [-0.2, 0) is 6.54 Å². The minimum Gasteiger partial charge on any atom is -0.491 e. The SMILES string of the molecule is O=C(O)c1ccccc1OCCn1cc(C2c3ccccc3C=Cc3ccccc32)c(=S)[nH]c1=O. The number of benzene rings is 3. The molecule has 0 aliphatic heterocycles. The van der Waals surface area contributed by atoms with Gasteiger partial charge in [0.2, 0.25) is 0 Å². The maximum Gasteiger partial charge on any atom is 0.339 e. The van der Waals surface area contributed by atoms with Crippen molar-refractivity contribution in [3.05, 3.63) is 127 Å². The number of fused-ring (bicyclic) bond motifs is 2. The fraction of sp³-hybridized carbons (Fsp3) is 0.107. The molecule has 35 heavy (non-hydrogen) atoms. The zero-order valence-corrected chi connectivity index (χ0v) is 19.5. The van der Waals surface area contributed by atoms with Crippen molar-refractivity contribution >= 4 is 30.3 Å². The summed E-state index contributed by atoms with van der Waals surface area (Å²) in [6.45, 7) is 0.341. The summed E-state index contributed by atoms with van der Waals surface area (Å²) in [7, 11) is 0. The molecule has 3 aromatic carbocycles. The Kier molecular flexibility index (Phi) is 6.16. The first-order valence-electron chi connectivity index (χ1n) is 11.2. The van der Waals surface area contributed by atoms with E-state index in [-0.39, 0.29) is 36.1 Å². The van der Waals surface area contributed by atoms with Gasteiger partial charge in [0.25, 0.3) is 0 Å². The van der Waals surface area contributed by atoms with E-state index in [0.29, 0.717) is 4.64 Å². The molecule has 1 heterocycles. The zero-order valence-electron chi connectivity index (χ0n) is 18.7. The molecular weight excluding hydrogens is 460 g/mol. The second-order valence-corrected chi connectivity index (χ2v) is 8.62. The number of nitrogens with zero attached hydrogens (tertiary/aromatic N) is 1. The van der Waals surface area contributed by atoms with Crippen molar-refractivity contribution < 1.29 is 14.6 Å². The smallest absolute Gasteiger partial charge is 0.339 e. The summed E-state index contributed by atoms with van der Waals surface area (Å²) in [6.07, 6.45) is 5.99. The molecule has 1 aliphatic rings. The van der Waals surface area contributed by atoms with Crippen LogP contribution >= 0.6 is 12.2 Å². The summed E-state index contributed by atoms with van der Waals surface area (Å²) in [5.41, 5.74) is 4.93. The highest BCUT2D eigenvalue weighted by Crippen LogP contribution is 2.39. The van der Waals surface area contributed by atoms with Gasteiger partial charge in [-0.2, -0.15) is 0 Å². The standard InChI is InChI=1S/C28H22N2O4S/c31-27(32)22-11-5-6-12-24(22)34-16-15-30-17-23(26(35)29-28(30)33)25-20-9-3-1-7-18(20)13-14-19-8-2-4-10-21(19)25/h1-14,17,25H,15-16H2,(H,31,32)(H,29,33,35). The summed E-state index contributed by atoms with van der Waals surface area (Å²) in [4.78, 5) is 27.0. The maximum atomic E-state index is 12.7. The van der Waals surface area contributed by atoms with Gasteiger partial charge < -0.3 is 9.84 Å². The van der Waals surface area contributed by atoms with Gasteiger partial charge in [-0.15, -0.1) is 0 Å². The number of H-pyrrole nitrogens is 1. The van der Waals surface area contributed by atoms with E-state index < -0.39 is 5.97 Å². The number of para-hydroxylation sites is 1. The van der Waals surface area contributed by atoms with Gasteiger partial charge in [0.1, 0.15) is 22.6 Å². The number of aromatic carboxylic acids is 1. The summed E-state index contributed by atoms with van der Waals surface area (Å²) >= 11 is 5.63. The molecule has 2 N–H and O–H groups in total. The number of carboxylic acids is 1. The summed E-state index contributed by atoms with van der Waals surface area (Å²) in [5.74, 6) is -0.973. The van der Waals surface area contributed by atoms with E-state index in [1.807, 2.05) is 24.3 Å². The van der Waals surface area contributed by atoms with Crippen LogP contribution in [0.25, 0.3) is 12.2 Å². The number of hydrogen-bond acceptors (Lipinski definition) is 4. The minimum absolute atomic E-state index is 0.0761. The van der Waals surface area contributed by atoms with Crippen LogP contribution < -0.4 is 10.4 Å². The van der Waals surface area contributed by atoms with E-state index >= 15 is 0 Å². The van der Waals surface area contributed by atoms with Crippen LogP contribution in [0, 0.1) is 4.64 Å². The first kappa shape index (κ1) is 22.6. The van der Waals surface area contributed by atoms with Crippen LogP contribution in [0.4, 0.5) is 0 Å².